The van der Waals surface area contributed by atoms with Crippen LogP contribution in [-0.4, -0.2) is 36.4 Å². The van der Waals surface area contributed by atoms with Gasteiger partial charge in [0.2, 0.25) is 5.82 Å². The van der Waals surface area contributed by atoms with Gasteiger partial charge < -0.3 is 20.1 Å². The van der Waals surface area contributed by atoms with E-state index >= 15 is 0 Å². The fraction of sp³-hybridized carbons (Fsp3) is 0.263. The third kappa shape index (κ3) is 3.97. The monoisotopic (exact) mass is 475 g/mol. The lowest BCUT2D eigenvalue weighted by Gasteiger charge is -2.24. The molecule has 2 atom stereocenters. The summed E-state index contributed by atoms with van der Waals surface area (Å²) in [5.74, 6) is -1.85. The van der Waals surface area contributed by atoms with Gasteiger partial charge in [-0.05, 0) is 24.3 Å². The lowest BCUT2D eigenvalue weighted by atomic mass is 9.99. The molecule has 31 heavy (non-hydrogen) atoms. The molecular formula is C19H14Cl2F3N3O4. The van der Waals surface area contributed by atoms with Crippen LogP contribution in [0.25, 0.3) is 5.69 Å². The van der Waals surface area contributed by atoms with E-state index in [2.05, 4.69) is 10.2 Å². The van der Waals surface area contributed by atoms with Crippen molar-refractivity contribution in [3.63, 3.8) is 0 Å². The van der Waals surface area contributed by atoms with Crippen molar-refractivity contribution in [3.05, 3.63) is 69.2 Å². The molecule has 2 aromatic carbocycles. The number of ether oxygens (including phenoxy) is 1. The van der Waals surface area contributed by atoms with Gasteiger partial charge in [-0.1, -0.05) is 35.3 Å². The highest BCUT2D eigenvalue weighted by Crippen LogP contribution is 2.46. The molecule has 0 bridgehead atoms. The number of aliphatic hydroxyl groups excluding tert-OH is 1. The second-order valence-electron chi connectivity index (χ2n) is 6.82. The highest BCUT2D eigenvalue weighted by molar-refractivity contribution is 6.33. The number of aromatic nitrogens is 3. The lowest BCUT2D eigenvalue weighted by Crippen LogP contribution is -2.19. The number of benzene rings is 2. The van der Waals surface area contributed by atoms with Crippen LogP contribution in [0, 0.1) is 0 Å². The Morgan fingerprint density at radius 1 is 1.10 bits per heavy atom. The van der Waals surface area contributed by atoms with Gasteiger partial charge in [-0.3, -0.25) is 4.57 Å². The van der Waals surface area contributed by atoms with Crippen LogP contribution in [0.15, 0.2) is 36.4 Å². The predicted octanol–water partition coefficient (Wildman–Crippen LogP) is 4.16. The molecule has 12 heteroatoms. The number of halogens is 5. The van der Waals surface area contributed by atoms with Gasteiger partial charge in [0.05, 0.1) is 10.7 Å². The van der Waals surface area contributed by atoms with Gasteiger partial charge in [0, 0.05) is 22.6 Å². The van der Waals surface area contributed by atoms with Crippen molar-refractivity contribution < 1.29 is 33.2 Å². The van der Waals surface area contributed by atoms with Crippen molar-refractivity contribution in [2.45, 2.75) is 31.1 Å². The minimum atomic E-state index is -4.85. The number of alkyl halides is 3. The van der Waals surface area contributed by atoms with Crippen molar-refractivity contribution in [2.24, 2.45) is 0 Å². The van der Waals surface area contributed by atoms with Crippen LogP contribution in [0.5, 0.6) is 5.75 Å². The topological polar surface area (TPSA) is 101 Å². The average molecular weight is 476 g/mol. The third-order valence-electron chi connectivity index (χ3n) is 4.76. The van der Waals surface area contributed by atoms with Crippen molar-refractivity contribution in [1.29, 1.82) is 0 Å². The fourth-order valence-electron chi connectivity index (χ4n) is 3.50. The van der Waals surface area contributed by atoms with Crippen LogP contribution in [0.3, 0.4) is 0 Å². The summed E-state index contributed by atoms with van der Waals surface area (Å²) >= 11 is 12.4. The molecular weight excluding hydrogens is 462 g/mol. The molecule has 7 nitrogen and oxygen atoms in total. The molecule has 1 aliphatic rings. The first-order valence-corrected chi connectivity index (χ1v) is 9.64. The quantitative estimate of drug-likeness (QED) is 0.491. The van der Waals surface area contributed by atoms with E-state index in [1.54, 1.807) is 0 Å². The molecule has 0 aliphatic carbocycles. The van der Waals surface area contributed by atoms with E-state index in [9.17, 15) is 28.5 Å². The first-order chi connectivity index (χ1) is 14.6. The molecule has 0 fully saturated rings. The first kappa shape index (κ1) is 21.8. The van der Waals surface area contributed by atoms with Crippen LogP contribution < -0.4 is 0 Å². The van der Waals surface area contributed by atoms with Gasteiger partial charge in [0.1, 0.15) is 18.0 Å². The maximum absolute atomic E-state index is 13.7. The molecule has 0 amide bonds. The Hall–Kier alpha value is -2.37. The first-order valence-electron chi connectivity index (χ1n) is 8.89. The Morgan fingerprint density at radius 2 is 1.84 bits per heavy atom. The Balaban J connectivity index is 2.02. The van der Waals surface area contributed by atoms with E-state index in [-0.39, 0.29) is 38.4 Å². The van der Waals surface area contributed by atoms with Crippen molar-refractivity contribution in [2.75, 3.05) is 0 Å². The number of phenolic OH excluding ortho intramolecular Hbond substituents is 1. The van der Waals surface area contributed by atoms with Crippen molar-refractivity contribution in [3.8, 4) is 11.4 Å². The summed E-state index contributed by atoms with van der Waals surface area (Å²) in [4.78, 5) is 0. The van der Waals surface area contributed by atoms with Crippen LogP contribution in [0.1, 0.15) is 41.4 Å². The highest BCUT2D eigenvalue weighted by atomic mass is 35.5. The van der Waals surface area contributed by atoms with Crippen LogP contribution in [0.4, 0.5) is 13.2 Å². The van der Waals surface area contributed by atoms with E-state index in [4.69, 9.17) is 27.9 Å². The number of aliphatic hydroxyl groups is 2. The highest BCUT2D eigenvalue weighted by Gasteiger charge is 2.43. The van der Waals surface area contributed by atoms with Gasteiger partial charge >= 0.3 is 6.18 Å². The summed E-state index contributed by atoms with van der Waals surface area (Å²) < 4.78 is 47.9. The Labute approximate surface area is 183 Å². The molecule has 3 aromatic rings. The molecule has 2 heterocycles. The van der Waals surface area contributed by atoms with Crippen LogP contribution in [-0.2, 0) is 10.9 Å². The van der Waals surface area contributed by atoms with Gasteiger partial charge in [-0.25, -0.2) is 0 Å². The van der Waals surface area contributed by atoms with Gasteiger partial charge in [0.15, 0.2) is 12.1 Å². The maximum Gasteiger partial charge on any atom is 0.452 e. The second kappa shape index (κ2) is 7.95. The summed E-state index contributed by atoms with van der Waals surface area (Å²) in [6, 6.07) is 8.51. The van der Waals surface area contributed by atoms with E-state index in [1.807, 2.05) is 0 Å². The molecule has 0 saturated carbocycles. The summed E-state index contributed by atoms with van der Waals surface area (Å²) in [5, 5.41) is 36.1. The van der Waals surface area contributed by atoms with Crippen molar-refractivity contribution >= 4 is 23.2 Å². The van der Waals surface area contributed by atoms with E-state index in [0.717, 1.165) is 4.57 Å². The minimum Gasteiger partial charge on any atom is -0.506 e. The van der Waals surface area contributed by atoms with Crippen LogP contribution >= 0.6 is 23.2 Å². The van der Waals surface area contributed by atoms with Gasteiger partial charge in [-0.15, -0.1) is 10.2 Å². The molecule has 164 valence electrons. The standard InChI is InChI=1S/C19H14Cl2F3N3O4/c20-8-4-5-11-10(6-8)16(9-2-1-3-12(28)15(9)21)31-13(7-14(29)30)17-25-26-18(27(11)17)19(22,23)24/h1-6,13-14,16,28-30H,7H2/t13-,16-/m1/s1. The number of phenols is 1. The SMILES string of the molecule is Oc1cccc([C@H]2O[C@H](CC(O)O)c3nnc(C(F)(F)F)n3-c3ccc(Cl)cc32)c1Cl. The zero-order valence-electron chi connectivity index (χ0n) is 15.4. The van der Waals surface area contributed by atoms with Gasteiger partial charge in [0.25, 0.3) is 0 Å². The Kier molecular flexibility index (Phi) is 5.61. The zero-order chi connectivity index (χ0) is 22.5. The summed E-state index contributed by atoms with van der Waals surface area (Å²) in [5.41, 5.74) is 0.465. The number of hydrogen-bond donors (Lipinski definition) is 3. The molecule has 0 spiro atoms. The maximum atomic E-state index is 13.7. The van der Waals surface area contributed by atoms with E-state index < -0.39 is 36.9 Å². The molecule has 0 saturated heterocycles. The minimum absolute atomic E-state index is 0.0241. The van der Waals surface area contributed by atoms with Crippen LogP contribution in [0.2, 0.25) is 10.0 Å². The Morgan fingerprint density at radius 3 is 2.52 bits per heavy atom. The third-order valence-corrected chi connectivity index (χ3v) is 5.41. The predicted molar refractivity (Wildman–Crippen MR) is 103 cm³/mol. The van der Waals surface area contributed by atoms with E-state index in [1.165, 1.54) is 36.4 Å². The molecule has 3 N–H and O–H groups in total. The number of nitrogens with zero attached hydrogens (tertiary/aromatic N) is 3. The summed E-state index contributed by atoms with van der Waals surface area (Å²) in [6.07, 6.45) is -9.68. The molecule has 1 aromatic heterocycles. The van der Waals surface area contributed by atoms with Gasteiger partial charge in [-0.2, -0.15) is 13.2 Å². The number of aromatic hydroxyl groups is 1. The summed E-state index contributed by atoms with van der Waals surface area (Å²) in [6.45, 7) is 0. The number of hydrogen-bond acceptors (Lipinski definition) is 6. The Bertz CT molecular complexity index is 1140. The molecule has 4 rings (SSSR count). The largest absolute Gasteiger partial charge is 0.506 e. The second-order valence-corrected chi connectivity index (χ2v) is 7.63. The van der Waals surface area contributed by atoms with Crippen molar-refractivity contribution in [1.82, 2.24) is 14.8 Å². The average Bonchev–Trinajstić information content (AvgIpc) is 3.08. The number of rotatable bonds is 3. The van der Waals surface area contributed by atoms with E-state index in [0.29, 0.717) is 0 Å². The fourth-order valence-corrected chi connectivity index (χ4v) is 3.90. The number of fused-ring (bicyclic) bond motifs is 3. The smallest absolute Gasteiger partial charge is 0.452 e. The zero-order valence-corrected chi connectivity index (χ0v) is 16.9. The normalized spacial score (nSPS) is 18.6. The molecule has 0 unspecified atom stereocenters. The summed E-state index contributed by atoms with van der Waals surface area (Å²) in [7, 11) is 0. The molecule has 1 aliphatic heterocycles. The molecule has 0 radical (unpaired) electrons. The lowest BCUT2D eigenvalue weighted by molar-refractivity contribution is -0.146.